The molecule has 5 nitrogen and oxygen atoms in total. The SMILES string of the molecule is CC(CC(=O)O)NC(=O)Nc1cccc2ccccc12. The smallest absolute Gasteiger partial charge is 0.319 e. The number of fused-ring (bicyclic) bond motifs is 1. The van der Waals surface area contributed by atoms with E-state index in [0.717, 1.165) is 10.8 Å². The summed E-state index contributed by atoms with van der Waals surface area (Å²) in [7, 11) is 0. The molecule has 2 amide bonds. The van der Waals surface area contributed by atoms with Gasteiger partial charge in [-0.05, 0) is 18.4 Å². The molecule has 5 heteroatoms. The van der Waals surface area contributed by atoms with Crippen LogP contribution in [0.2, 0.25) is 0 Å². The molecular weight excluding hydrogens is 256 g/mol. The van der Waals surface area contributed by atoms with Gasteiger partial charge in [0.1, 0.15) is 0 Å². The third-order valence-corrected chi connectivity index (χ3v) is 2.90. The molecule has 0 heterocycles. The zero-order valence-electron chi connectivity index (χ0n) is 11.1. The second-order valence-electron chi connectivity index (χ2n) is 4.62. The first-order valence-electron chi connectivity index (χ1n) is 6.33. The normalized spacial score (nSPS) is 11.8. The van der Waals surface area contributed by atoms with Gasteiger partial charge in [-0.15, -0.1) is 0 Å². The van der Waals surface area contributed by atoms with E-state index in [2.05, 4.69) is 10.6 Å². The van der Waals surface area contributed by atoms with Gasteiger partial charge in [-0.3, -0.25) is 4.79 Å². The third kappa shape index (κ3) is 3.47. The van der Waals surface area contributed by atoms with Crippen molar-refractivity contribution < 1.29 is 14.7 Å². The molecule has 0 fully saturated rings. The predicted molar refractivity (Wildman–Crippen MR) is 77.8 cm³/mol. The minimum Gasteiger partial charge on any atom is -0.481 e. The van der Waals surface area contributed by atoms with Crippen LogP contribution in [0.15, 0.2) is 42.5 Å². The molecule has 0 bridgehead atoms. The van der Waals surface area contributed by atoms with E-state index in [4.69, 9.17) is 5.11 Å². The van der Waals surface area contributed by atoms with Crippen molar-refractivity contribution in [3.8, 4) is 0 Å². The van der Waals surface area contributed by atoms with E-state index in [0.29, 0.717) is 5.69 Å². The van der Waals surface area contributed by atoms with Crippen LogP contribution in [0.5, 0.6) is 0 Å². The highest BCUT2D eigenvalue weighted by Gasteiger charge is 2.11. The molecule has 0 aliphatic rings. The second-order valence-corrected chi connectivity index (χ2v) is 4.62. The van der Waals surface area contributed by atoms with E-state index < -0.39 is 18.0 Å². The highest BCUT2D eigenvalue weighted by molar-refractivity contribution is 6.01. The van der Waals surface area contributed by atoms with Crippen LogP contribution in [0.1, 0.15) is 13.3 Å². The van der Waals surface area contributed by atoms with Gasteiger partial charge in [0.15, 0.2) is 0 Å². The van der Waals surface area contributed by atoms with Crippen molar-refractivity contribution in [3.05, 3.63) is 42.5 Å². The van der Waals surface area contributed by atoms with Crippen molar-refractivity contribution >= 4 is 28.5 Å². The lowest BCUT2D eigenvalue weighted by molar-refractivity contribution is -0.137. The van der Waals surface area contributed by atoms with Crippen LogP contribution in [-0.4, -0.2) is 23.1 Å². The lowest BCUT2D eigenvalue weighted by Gasteiger charge is -2.13. The van der Waals surface area contributed by atoms with Crippen LogP contribution in [0.25, 0.3) is 10.8 Å². The third-order valence-electron chi connectivity index (χ3n) is 2.90. The zero-order valence-corrected chi connectivity index (χ0v) is 11.1. The molecule has 0 spiro atoms. The Bertz CT molecular complexity index is 635. The minimum absolute atomic E-state index is 0.108. The van der Waals surface area contributed by atoms with Gasteiger partial charge in [-0.1, -0.05) is 36.4 Å². The maximum atomic E-state index is 11.8. The van der Waals surface area contributed by atoms with Crippen LogP contribution < -0.4 is 10.6 Å². The summed E-state index contributed by atoms with van der Waals surface area (Å²) in [5.41, 5.74) is 0.697. The summed E-state index contributed by atoms with van der Waals surface area (Å²) < 4.78 is 0. The first-order valence-corrected chi connectivity index (χ1v) is 6.33. The van der Waals surface area contributed by atoms with Crippen molar-refractivity contribution in [1.82, 2.24) is 5.32 Å². The molecule has 0 aliphatic heterocycles. The first-order chi connectivity index (χ1) is 9.56. The molecule has 104 valence electrons. The molecule has 1 atom stereocenters. The zero-order chi connectivity index (χ0) is 14.5. The van der Waals surface area contributed by atoms with Crippen LogP contribution in [0, 0.1) is 0 Å². The number of rotatable bonds is 4. The summed E-state index contributed by atoms with van der Waals surface area (Å²) in [6, 6.07) is 12.5. The van der Waals surface area contributed by atoms with Crippen molar-refractivity contribution in [2.24, 2.45) is 0 Å². The predicted octanol–water partition coefficient (Wildman–Crippen LogP) is 2.82. The molecule has 0 aromatic heterocycles. The van der Waals surface area contributed by atoms with Gasteiger partial charge < -0.3 is 15.7 Å². The number of nitrogens with one attached hydrogen (secondary N) is 2. The molecule has 3 N–H and O–H groups in total. The first kappa shape index (κ1) is 13.9. The number of carboxylic acid groups (broad SMARTS) is 1. The Balaban J connectivity index is 2.08. The highest BCUT2D eigenvalue weighted by Crippen LogP contribution is 2.22. The highest BCUT2D eigenvalue weighted by atomic mass is 16.4. The Morgan fingerprint density at radius 3 is 2.60 bits per heavy atom. The molecule has 0 saturated heterocycles. The Labute approximate surface area is 116 Å². The van der Waals surface area contributed by atoms with E-state index in [-0.39, 0.29) is 6.42 Å². The fourth-order valence-electron chi connectivity index (χ4n) is 2.03. The van der Waals surface area contributed by atoms with Gasteiger partial charge in [0, 0.05) is 11.4 Å². The fraction of sp³-hybridized carbons (Fsp3) is 0.200. The van der Waals surface area contributed by atoms with E-state index in [1.165, 1.54) is 0 Å². The summed E-state index contributed by atoms with van der Waals surface area (Å²) in [6.07, 6.45) is -0.108. The molecule has 2 aromatic carbocycles. The van der Waals surface area contributed by atoms with E-state index in [1.807, 2.05) is 42.5 Å². The number of hydrogen-bond acceptors (Lipinski definition) is 2. The number of carboxylic acids is 1. The number of urea groups is 1. The van der Waals surface area contributed by atoms with Gasteiger partial charge in [-0.25, -0.2) is 4.79 Å². The maximum absolute atomic E-state index is 11.8. The summed E-state index contributed by atoms with van der Waals surface area (Å²) in [4.78, 5) is 22.4. The van der Waals surface area contributed by atoms with Crippen LogP contribution >= 0.6 is 0 Å². The molecular formula is C15H16N2O3. The summed E-state index contributed by atoms with van der Waals surface area (Å²) >= 11 is 0. The Morgan fingerprint density at radius 2 is 1.85 bits per heavy atom. The Hall–Kier alpha value is -2.56. The number of hydrogen-bond donors (Lipinski definition) is 3. The van der Waals surface area contributed by atoms with E-state index >= 15 is 0 Å². The minimum atomic E-state index is -0.942. The number of amides is 2. The molecule has 2 aromatic rings. The molecule has 0 saturated carbocycles. The fourth-order valence-corrected chi connectivity index (χ4v) is 2.03. The quantitative estimate of drug-likeness (QED) is 0.800. The van der Waals surface area contributed by atoms with Gasteiger partial charge in [0.2, 0.25) is 0 Å². The average Bonchev–Trinajstić information content (AvgIpc) is 2.38. The lowest BCUT2D eigenvalue weighted by Crippen LogP contribution is -2.37. The molecule has 20 heavy (non-hydrogen) atoms. The summed E-state index contributed by atoms with van der Waals surface area (Å²) in [5, 5.41) is 16.0. The van der Waals surface area contributed by atoms with E-state index in [1.54, 1.807) is 6.92 Å². The molecule has 1 unspecified atom stereocenters. The number of benzene rings is 2. The van der Waals surface area contributed by atoms with Crippen molar-refractivity contribution in [2.45, 2.75) is 19.4 Å². The van der Waals surface area contributed by atoms with Crippen molar-refractivity contribution in [1.29, 1.82) is 0 Å². The van der Waals surface area contributed by atoms with Gasteiger partial charge >= 0.3 is 12.0 Å². The largest absolute Gasteiger partial charge is 0.481 e. The van der Waals surface area contributed by atoms with Crippen molar-refractivity contribution in [2.75, 3.05) is 5.32 Å². The molecule has 0 aliphatic carbocycles. The molecule has 0 radical (unpaired) electrons. The van der Waals surface area contributed by atoms with Crippen LogP contribution in [0.4, 0.5) is 10.5 Å². The average molecular weight is 272 g/mol. The van der Waals surface area contributed by atoms with Crippen LogP contribution in [-0.2, 0) is 4.79 Å². The molecule has 2 rings (SSSR count). The van der Waals surface area contributed by atoms with Crippen molar-refractivity contribution in [3.63, 3.8) is 0 Å². The number of aliphatic carboxylic acids is 1. The Morgan fingerprint density at radius 1 is 1.15 bits per heavy atom. The van der Waals surface area contributed by atoms with Gasteiger partial charge in [-0.2, -0.15) is 0 Å². The standard InChI is InChI=1S/C15H16N2O3/c1-10(9-14(18)19)16-15(20)17-13-8-4-6-11-5-2-3-7-12(11)13/h2-8,10H,9H2,1H3,(H,18,19)(H2,16,17,20). The number of carbonyl (C=O) groups excluding carboxylic acids is 1. The number of carbonyl (C=O) groups is 2. The van der Waals surface area contributed by atoms with Gasteiger partial charge in [0.25, 0.3) is 0 Å². The summed E-state index contributed by atoms with van der Waals surface area (Å²) in [6.45, 7) is 1.65. The maximum Gasteiger partial charge on any atom is 0.319 e. The second kappa shape index (κ2) is 6.06. The van der Waals surface area contributed by atoms with E-state index in [9.17, 15) is 9.59 Å². The van der Waals surface area contributed by atoms with Gasteiger partial charge in [0.05, 0.1) is 12.1 Å². The lowest BCUT2D eigenvalue weighted by atomic mass is 10.1. The summed E-state index contributed by atoms with van der Waals surface area (Å²) in [5.74, 6) is -0.942. The topological polar surface area (TPSA) is 78.4 Å². The monoisotopic (exact) mass is 272 g/mol. The number of anilines is 1. The van der Waals surface area contributed by atoms with Crippen LogP contribution in [0.3, 0.4) is 0 Å². The Kier molecular flexibility index (Phi) is 4.20.